The number of nitrogens with one attached hydrogen (secondary N) is 1. The number of hydrogen-bond acceptors (Lipinski definition) is 11. The molecule has 3 aromatic heterocycles. The second kappa shape index (κ2) is 14.4. The smallest absolute Gasteiger partial charge is 0.442 e. The Kier molecular flexibility index (Phi) is 11.1. The van der Waals surface area contributed by atoms with E-state index in [-0.39, 0.29) is 49.8 Å². The van der Waals surface area contributed by atoms with E-state index >= 15 is 0 Å². The van der Waals surface area contributed by atoms with Gasteiger partial charge in [0, 0.05) is 11.5 Å². The monoisotopic (exact) mass is 761 g/mol. The van der Waals surface area contributed by atoms with Crippen LogP contribution in [-0.4, -0.2) is 58.1 Å². The van der Waals surface area contributed by atoms with Gasteiger partial charge in [0.25, 0.3) is 21.0 Å². The molecule has 5 rings (SSSR count). The van der Waals surface area contributed by atoms with Gasteiger partial charge in [-0.3, -0.25) is 4.72 Å². The molecule has 0 saturated heterocycles. The summed E-state index contributed by atoms with van der Waals surface area (Å²) in [5, 5.41) is 8.61. The highest BCUT2D eigenvalue weighted by Crippen LogP contribution is 2.35. The van der Waals surface area contributed by atoms with Crippen molar-refractivity contribution in [3.63, 3.8) is 0 Å². The summed E-state index contributed by atoms with van der Waals surface area (Å²) in [7, 11) is -1.37. The minimum Gasteiger partial charge on any atom is -0.489 e. The van der Waals surface area contributed by atoms with Crippen molar-refractivity contribution in [1.29, 1.82) is 0 Å². The summed E-state index contributed by atoms with van der Waals surface area (Å²) >= 11 is 24.5. The average Bonchev–Trinajstić information content (AvgIpc) is 3.63. The minimum absolute atomic E-state index is 0.0111. The van der Waals surface area contributed by atoms with Gasteiger partial charge in [-0.1, -0.05) is 73.2 Å². The Bertz CT molecular complexity index is 2140. The van der Waals surface area contributed by atoms with Gasteiger partial charge in [-0.2, -0.15) is 27.6 Å². The van der Waals surface area contributed by atoms with Crippen molar-refractivity contribution < 1.29 is 27.0 Å². The van der Waals surface area contributed by atoms with Crippen LogP contribution in [0.15, 0.2) is 44.7 Å². The molecule has 5 aromatic rings. The summed E-state index contributed by atoms with van der Waals surface area (Å²) in [6, 6.07) is 7.76. The molecular weight excluding hydrogens is 732 g/mol. The number of fused-ring (bicyclic) bond motifs is 1. The zero-order valence-electron chi connectivity index (χ0n) is 26.9. The van der Waals surface area contributed by atoms with Crippen LogP contribution in [0.4, 0.5) is 5.69 Å². The van der Waals surface area contributed by atoms with E-state index < -0.39 is 20.9 Å². The Morgan fingerprint density at radius 1 is 0.938 bits per heavy atom. The normalized spacial score (nSPS) is 11.8. The highest BCUT2D eigenvalue weighted by Gasteiger charge is 2.26. The van der Waals surface area contributed by atoms with Gasteiger partial charge in [0.15, 0.2) is 0 Å². The molecule has 0 aliphatic heterocycles. The van der Waals surface area contributed by atoms with E-state index in [4.69, 9.17) is 65.0 Å². The van der Waals surface area contributed by atoms with Gasteiger partial charge in [0.2, 0.25) is 17.7 Å². The molecule has 0 saturated carbocycles. The molecule has 258 valence electrons. The third-order valence-corrected chi connectivity index (χ3v) is 8.72. The van der Waals surface area contributed by atoms with Crippen LogP contribution in [0.3, 0.4) is 0 Å². The molecule has 0 aliphatic rings. The Labute approximate surface area is 295 Å². The summed E-state index contributed by atoms with van der Waals surface area (Å²) in [5.74, 6) is 0.543. The largest absolute Gasteiger partial charge is 0.489 e. The minimum atomic E-state index is -4.18. The second-order valence-electron chi connectivity index (χ2n) is 11.3. The van der Waals surface area contributed by atoms with Crippen molar-refractivity contribution in [3.8, 4) is 23.2 Å². The zero-order valence-corrected chi connectivity index (χ0v) is 30.8. The van der Waals surface area contributed by atoms with Crippen molar-refractivity contribution in [2.45, 2.75) is 58.2 Å². The van der Waals surface area contributed by atoms with Crippen LogP contribution >= 0.6 is 46.4 Å². The molecule has 48 heavy (non-hydrogen) atoms. The molecule has 19 heteroatoms. The van der Waals surface area contributed by atoms with Crippen LogP contribution in [0.2, 0.25) is 20.1 Å². The van der Waals surface area contributed by atoms with Gasteiger partial charge in [0.1, 0.15) is 5.75 Å². The second-order valence-corrected chi connectivity index (χ2v) is 14.5. The molecule has 0 atom stereocenters. The number of methoxy groups -OCH3 is 2. The fourth-order valence-electron chi connectivity index (χ4n) is 3.86. The van der Waals surface area contributed by atoms with Crippen LogP contribution in [0, 0.1) is 6.92 Å². The third kappa shape index (κ3) is 8.09. The van der Waals surface area contributed by atoms with E-state index in [9.17, 15) is 13.2 Å². The summed E-state index contributed by atoms with van der Waals surface area (Å²) in [5.41, 5.74) is 0.682. The lowest BCUT2D eigenvalue weighted by Crippen LogP contribution is -2.15. The summed E-state index contributed by atoms with van der Waals surface area (Å²) < 4.78 is 50.9. The number of rotatable bonds is 8. The molecule has 2 aromatic carbocycles. The van der Waals surface area contributed by atoms with Crippen LogP contribution in [-0.2, 0) is 15.4 Å². The van der Waals surface area contributed by atoms with E-state index in [0.29, 0.717) is 27.9 Å². The fourth-order valence-corrected chi connectivity index (χ4v) is 5.90. The number of aromatic nitrogens is 6. The molecule has 0 radical (unpaired) electrons. The van der Waals surface area contributed by atoms with Gasteiger partial charge in [-0.25, -0.2) is 4.79 Å². The zero-order chi connectivity index (χ0) is 35.7. The third-order valence-electron chi connectivity index (χ3n) is 6.20. The van der Waals surface area contributed by atoms with Crippen molar-refractivity contribution in [3.05, 3.63) is 72.4 Å². The highest BCUT2D eigenvalue weighted by molar-refractivity contribution is 7.92. The first kappa shape index (κ1) is 37.1. The van der Waals surface area contributed by atoms with E-state index in [2.05, 4.69) is 24.9 Å². The van der Waals surface area contributed by atoms with Crippen LogP contribution in [0.25, 0.3) is 11.5 Å². The van der Waals surface area contributed by atoms with Crippen molar-refractivity contribution in [2.75, 3.05) is 18.9 Å². The lowest BCUT2D eigenvalue weighted by molar-refractivity contribution is 0.242. The first-order valence-corrected chi connectivity index (χ1v) is 17.0. The van der Waals surface area contributed by atoms with E-state index in [1.165, 1.54) is 32.4 Å². The predicted octanol–water partition coefficient (Wildman–Crippen LogP) is 6.77. The topological polar surface area (TPSA) is 165 Å². The molecule has 0 fully saturated rings. The standard InChI is InChI=1S/C15H18Cl2N2O3.C14H13Cl2N5O4S/c1-8(2)21-12-7-11(9(16)6-10(12)17)19-14(20)22-13(18-19)15(3,4)5;1-7-4-5-8(15)12(11(7)16)20-26(22,23)14-18-13-17-9(24-2)6-10(25-3)21(13)19-14/h6-8H,1-5H3;4-6,20H,1-3H3. The Hall–Kier alpha value is -3.76. The number of hydrogen-bond donors (Lipinski definition) is 1. The Morgan fingerprint density at radius 3 is 2.21 bits per heavy atom. The molecule has 1 N–H and O–H groups in total. The van der Waals surface area contributed by atoms with Gasteiger partial charge in [-0.05, 0) is 38.5 Å². The SMILES string of the molecule is CC(C)Oc1cc(-n2nc(C(C)(C)C)oc2=O)c(Cl)cc1Cl.COc1cc(OC)n2nc(S(=O)(=O)Nc3c(Cl)ccc(C)c3Cl)nc2n1. The van der Waals surface area contributed by atoms with E-state index in [1.54, 1.807) is 19.1 Å². The highest BCUT2D eigenvalue weighted by atomic mass is 35.5. The molecule has 3 heterocycles. The lowest BCUT2D eigenvalue weighted by Gasteiger charge is -2.13. The quantitative estimate of drug-likeness (QED) is 0.177. The molecule has 0 spiro atoms. The predicted molar refractivity (Wildman–Crippen MR) is 182 cm³/mol. The van der Waals surface area contributed by atoms with Gasteiger partial charge in [0.05, 0.1) is 57.9 Å². The fraction of sp³-hybridized carbons (Fsp3) is 0.345. The molecule has 0 aliphatic carbocycles. The van der Waals surface area contributed by atoms with Gasteiger partial charge < -0.3 is 18.6 Å². The van der Waals surface area contributed by atoms with Crippen LogP contribution in [0.1, 0.15) is 46.1 Å². The number of nitrogens with zero attached hydrogens (tertiary/aromatic N) is 6. The van der Waals surface area contributed by atoms with Crippen molar-refractivity contribution >= 4 is 67.9 Å². The Morgan fingerprint density at radius 2 is 1.62 bits per heavy atom. The van der Waals surface area contributed by atoms with Gasteiger partial charge >= 0.3 is 5.76 Å². The Balaban J connectivity index is 0.000000220. The molecule has 0 bridgehead atoms. The maximum Gasteiger partial charge on any atom is 0.442 e. The summed E-state index contributed by atoms with van der Waals surface area (Å²) in [6.07, 6.45) is -0.0642. The number of ether oxygens (including phenoxy) is 3. The van der Waals surface area contributed by atoms with Crippen LogP contribution < -0.4 is 24.7 Å². The number of anilines is 1. The number of sulfonamides is 1. The number of benzene rings is 2. The van der Waals surface area contributed by atoms with Gasteiger partial charge in [-0.15, -0.1) is 10.2 Å². The van der Waals surface area contributed by atoms with E-state index in [1.807, 2.05) is 34.6 Å². The first-order chi connectivity index (χ1) is 22.4. The maximum atomic E-state index is 12.7. The average molecular weight is 763 g/mol. The van der Waals surface area contributed by atoms with E-state index in [0.717, 1.165) is 9.20 Å². The summed E-state index contributed by atoms with van der Waals surface area (Å²) in [4.78, 5) is 20.0. The lowest BCUT2D eigenvalue weighted by atomic mass is 9.97. The molecule has 0 unspecified atom stereocenters. The molecule has 0 amide bonds. The van der Waals surface area contributed by atoms with Crippen LogP contribution in [0.5, 0.6) is 17.5 Å². The summed E-state index contributed by atoms with van der Waals surface area (Å²) in [6.45, 7) is 11.2. The molecule has 14 nitrogen and oxygen atoms in total. The molecular formula is C29H31Cl4N7O7S. The van der Waals surface area contributed by atoms with Crippen molar-refractivity contribution in [2.24, 2.45) is 0 Å². The number of halogens is 4. The number of aryl methyl sites for hydroxylation is 1. The van der Waals surface area contributed by atoms with Crippen molar-refractivity contribution in [1.82, 2.24) is 29.4 Å². The first-order valence-electron chi connectivity index (χ1n) is 14.0. The maximum absolute atomic E-state index is 12.7.